The highest BCUT2D eigenvalue weighted by Crippen LogP contribution is 2.25. The molecule has 0 aromatic heterocycles. The van der Waals surface area contributed by atoms with Crippen LogP contribution >= 0.6 is 0 Å². The standard InChI is InChI=1S/C17H30N2O/c1-13-8-9-17-18(10-13)11-14(2)19(17)12-16(20)15-6-4-3-5-7-15/h13-15,17H,3-12H2,1-2H3/p+1. The molecule has 20 heavy (non-hydrogen) atoms. The molecule has 2 aliphatic heterocycles. The number of carbonyl (C=O) groups is 1. The van der Waals surface area contributed by atoms with Crippen LogP contribution in [0.3, 0.4) is 0 Å². The molecule has 3 heteroatoms. The maximum absolute atomic E-state index is 12.6. The van der Waals surface area contributed by atoms with Crippen LogP contribution in [0.4, 0.5) is 0 Å². The third-order valence-corrected chi connectivity index (χ3v) is 5.93. The van der Waals surface area contributed by atoms with Gasteiger partial charge in [-0.05, 0) is 32.1 Å². The fourth-order valence-corrected chi connectivity index (χ4v) is 4.73. The molecule has 0 spiro atoms. The Balaban J connectivity index is 1.60. The van der Waals surface area contributed by atoms with Crippen LogP contribution in [-0.4, -0.2) is 42.5 Å². The molecule has 114 valence electrons. The Hall–Kier alpha value is -0.410. The second-order valence-corrected chi connectivity index (χ2v) is 7.61. The minimum Gasteiger partial charge on any atom is -0.310 e. The van der Waals surface area contributed by atoms with Crippen LogP contribution in [0.2, 0.25) is 0 Å². The number of fused-ring (bicyclic) bond motifs is 1. The van der Waals surface area contributed by atoms with Crippen molar-refractivity contribution in [1.29, 1.82) is 0 Å². The molecule has 0 radical (unpaired) electrons. The molecule has 3 aliphatic rings. The summed E-state index contributed by atoms with van der Waals surface area (Å²) in [5.74, 6) is 1.79. The highest BCUT2D eigenvalue weighted by Gasteiger charge is 2.44. The maximum atomic E-state index is 12.6. The van der Waals surface area contributed by atoms with Gasteiger partial charge in [-0.1, -0.05) is 26.2 Å². The van der Waals surface area contributed by atoms with Gasteiger partial charge in [0.15, 0.2) is 5.78 Å². The molecule has 4 unspecified atom stereocenters. The van der Waals surface area contributed by atoms with Gasteiger partial charge in [-0.3, -0.25) is 4.79 Å². The van der Waals surface area contributed by atoms with Crippen LogP contribution in [0.5, 0.6) is 0 Å². The summed E-state index contributed by atoms with van der Waals surface area (Å²) >= 11 is 0. The quantitative estimate of drug-likeness (QED) is 0.846. The third-order valence-electron chi connectivity index (χ3n) is 5.93. The van der Waals surface area contributed by atoms with Gasteiger partial charge in [-0.2, -0.15) is 0 Å². The Kier molecular flexibility index (Phi) is 4.46. The summed E-state index contributed by atoms with van der Waals surface area (Å²) in [5, 5.41) is 0. The first-order valence-corrected chi connectivity index (χ1v) is 8.77. The van der Waals surface area contributed by atoms with Crippen molar-refractivity contribution in [3.8, 4) is 0 Å². The van der Waals surface area contributed by atoms with E-state index in [9.17, 15) is 4.79 Å². The number of ketones is 1. The summed E-state index contributed by atoms with van der Waals surface area (Å²) in [6, 6.07) is 0.637. The van der Waals surface area contributed by atoms with Gasteiger partial charge in [0, 0.05) is 18.9 Å². The number of hydrogen-bond acceptors (Lipinski definition) is 2. The Bertz CT molecular complexity index is 351. The first-order valence-electron chi connectivity index (χ1n) is 8.77. The van der Waals surface area contributed by atoms with E-state index in [1.54, 1.807) is 4.90 Å². The molecular formula is C17H31N2O+. The Morgan fingerprint density at radius 3 is 2.55 bits per heavy atom. The minimum atomic E-state index is 0.389. The van der Waals surface area contributed by atoms with E-state index in [1.165, 1.54) is 45.2 Å². The predicted octanol–water partition coefficient (Wildman–Crippen LogP) is 1.48. The Labute approximate surface area is 123 Å². The average molecular weight is 279 g/mol. The molecular weight excluding hydrogens is 248 g/mol. The van der Waals surface area contributed by atoms with Gasteiger partial charge >= 0.3 is 0 Å². The summed E-state index contributed by atoms with van der Waals surface area (Å²) in [6.07, 6.45) is 9.47. The summed E-state index contributed by atoms with van der Waals surface area (Å²) in [5.41, 5.74) is 0. The normalized spacial score (nSPS) is 39.7. The Morgan fingerprint density at radius 1 is 1.05 bits per heavy atom. The summed E-state index contributed by atoms with van der Waals surface area (Å²) in [6.45, 7) is 7.94. The SMILES string of the molecule is CC1CCC2N(C1)CC(C)[NH+]2CC(=O)C1CCCCC1. The van der Waals surface area contributed by atoms with Crippen molar-refractivity contribution in [3.63, 3.8) is 0 Å². The topological polar surface area (TPSA) is 24.8 Å². The fourth-order valence-electron chi connectivity index (χ4n) is 4.73. The highest BCUT2D eigenvalue weighted by molar-refractivity contribution is 5.82. The van der Waals surface area contributed by atoms with Crippen molar-refractivity contribution in [2.45, 2.75) is 71.0 Å². The van der Waals surface area contributed by atoms with E-state index in [4.69, 9.17) is 0 Å². The molecule has 1 aliphatic carbocycles. The second-order valence-electron chi connectivity index (χ2n) is 7.61. The zero-order valence-corrected chi connectivity index (χ0v) is 13.2. The number of nitrogens with zero attached hydrogens (tertiary/aromatic N) is 1. The van der Waals surface area contributed by atoms with E-state index in [2.05, 4.69) is 18.7 Å². The number of nitrogens with one attached hydrogen (secondary N) is 1. The summed E-state index contributed by atoms with van der Waals surface area (Å²) in [4.78, 5) is 16.8. The molecule has 3 fully saturated rings. The maximum Gasteiger partial charge on any atom is 0.189 e. The predicted molar refractivity (Wildman–Crippen MR) is 80.6 cm³/mol. The van der Waals surface area contributed by atoms with Gasteiger partial charge in [-0.15, -0.1) is 0 Å². The number of rotatable bonds is 3. The van der Waals surface area contributed by atoms with Crippen molar-refractivity contribution in [2.75, 3.05) is 19.6 Å². The van der Waals surface area contributed by atoms with Crippen molar-refractivity contribution in [1.82, 2.24) is 4.90 Å². The molecule has 0 aromatic rings. The van der Waals surface area contributed by atoms with Crippen molar-refractivity contribution in [3.05, 3.63) is 0 Å². The van der Waals surface area contributed by atoms with Gasteiger partial charge < -0.3 is 4.90 Å². The van der Waals surface area contributed by atoms with E-state index < -0.39 is 0 Å². The molecule has 3 nitrogen and oxygen atoms in total. The lowest BCUT2D eigenvalue weighted by molar-refractivity contribution is -0.932. The van der Waals surface area contributed by atoms with E-state index in [0.29, 0.717) is 23.9 Å². The molecule has 1 N–H and O–H groups in total. The van der Waals surface area contributed by atoms with Crippen molar-refractivity contribution < 1.29 is 9.69 Å². The fraction of sp³-hybridized carbons (Fsp3) is 0.941. The lowest BCUT2D eigenvalue weighted by Gasteiger charge is -2.34. The van der Waals surface area contributed by atoms with Crippen LogP contribution in [0.25, 0.3) is 0 Å². The monoisotopic (exact) mass is 279 g/mol. The smallest absolute Gasteiger partial charge is 0.189 e. The molecule has 0 amide bonds. The van der Waals surface area contributed by atoms with Crippen molar-refractivity contribution >= 4 is 5.78 Å². The highest BCUT2D eigenvalue weighted by atomic mass is 16.1. The zero-order valence-electron chi connectivity index (χ0n) is 13.2. The number of Topliss-reactive ketones (excluding diaryl/α,β-unsaturated/α-hetero) is 1. The lowest BCUT2D eigenvalue weighted by atomic mass is 9.86. The zero-order chi connectivity index (χ0) is 14.1. The molecule has 1 saturated carbocycles. The average Bonchev–Trinajstić information content (AvgIpc) is 2.75. The van der Waals surface area contributed by atoms with E-state index in [-0.39, 0.29) is 0 Å². The Morgan fingerprint density at radius 2 is 1.80 bits per heavy atom. The van der Waals surface area contributed by atoms with E-state index in [1.807, 2.05) is 0 Å². The van der Waals surface area contributed by atoms with Gasteiger partial charge in [-0.25, -0.2) is 4.90 Å². The largest absolute Gasteiger partial charge is 0.310 e. The van der Waals surface area contributed by atoms with Gasteiger partial charge in [0.05, 0.1) is 12.6 Å². The summed E-state index contributed by atoms with van der Waals surface area (Å²) in [7, 11) is 0. The first kappa shape index (κ1) is 14.5. The first-order chi connectivity index (χ1) is 9.65. The molecule has 2 heterocycles. The minimum absolute atomic E-state index is 0.389. The molecule has 0 bridgehead atoms. The van der Waals surface area contributed by atoms with Crippen LogP contribution in [0.15, 0.2) is 0 Å². The second kappa shape index (κ2) is 6.15. The van der Waals surface area contributed by atoms with Gasteiger partial charge in [0.2, 0.25) is 0 Å². The number of quaternary nitrogens is 1. The summed E-state index contributed by atoms with van der Waals surface area (Å²) < 4.78 is 0. The molecule has 0 aromatic carbocycles. The molecule has 3 rings (SSSR count). The number of piperidine rings is 1. The van der Waals surface area contributed by atoms with Crippen LogP contribution in [-0.2, 0) is 4.79 Å². The van der Waals surface area contributed by atoms with Crippen LogP contribution < -0.4 is 4.90 Å². The third kappa shape index (κ3) is 2.94. The lowest BCUT2D eigenvalue weighted by Crippen LogP contribution is -3.18. The molecule has 2 saturated heterocycles. The van der Waals surface area contributed by atoms with Crippen LogP contribution in [0.1, 0.15) is 58.8 Å². The van der Waals surface area contributed by atoms with Crippen molar-refractivity contribution in [2.24, 2.45) is 11.8 Å². The number of hydrogen-bond donors (Lipinski definition) is 1. The molecule has 4 atom stereocenters. The number of carbonyl (C=O) groups excluding carboxylic acids is 1. The van der Waals surface area contributed by atoms with E-state index >= 15 is 0 Å². The van der Waals surface area contributed by atoms with E-state index in [0.717, 1.165) is 25.3 Å². The van der Waals surface area contributed by atoms with Crippen LogP contribution in [0, 0.1) is 11.8 Å². The van der Waals surface area contributed by atoms with Gasteiger partial charge in [0.25, 0.3) is 0 Å². The van der Waals surface area contributed by atoms with Gasteiger partial charge in [0.1, 0.15) is 12.7 Å².